The van der Waals surface area contributed by atoms with Gasteiger partial charge in [-0.25, -0.2) is 9.59 Å². The van der Waals surface area contributed by atoms with Crippen LogP contribution in [0.1, 0.15) is 25.3 Å². The van der Waals surface area contributed by atoms with Crippen molar-refractivity contribution in [2.45, 2.75) is 32.7 Å². The number of nitrogens with zero attached hydrogens (tertiary/aromatic N) is 1. The number of anilines is 1. The molecule has 2 rings (SSSR count). The van der Waals surface area contributed by atoms with E-state index >= 15 is 0 Å². The highest BCUT2D eigenvalue weighted by atomic mass is 35.5. The van der Waals surface area contributed by atoms with Gasteiger partial charge in [0.2, 0.25) is 0 Å². The van der Waals surface area contributed by atoms with Gasteiger partial charge in [-0.1, -0.05) is 17.7 Å². The number of nitrogens with one attached hydrogen (secondary N) is 2. The molecule has 0 aromatic heterocycles. The summed E-state index contributed by atoms with van der Waals surface area (Å²) in [6.45, 7) is 5.25. The van der Waals surface area contributed by atoms with Gasteiger partial charge in [0.15, 0.2) is 0 Å². The molecule has 1 aromatic rings. The topological polar surface area (TPSA) is 70.7 Å². The van der Waals surface area contributed by atoms with E-state index in [-0.39, 0.29) is 18.2 Å². The Morgan fingerprint density at radius 1 is 1.35 bits per heavy atom. The van der Waals surface area contributed by atoms with Gasteiger partial charge in [-0.15, -0.1) is 0 Å². The highest BCUT2D eigenvalue weighted by Crippen LogP contribution is 2.22. The van der Waals surface area contributed by atoms with Gasteiger partial charge >= 0.3 is 12.1 Å². The zero-order valence-electron chi connectivity index (χ0n) is 13.4. The van der Waals surface area contributed by atoms with Crippen molar-refractivity contribution in [2.24, 2.45) is 0 Å². The van der Waals surface area contributed by atoms with Crippen LogP contribution >= 0.6 is 11.6 Å². The molecule has 23 heavy (non-hydrogen) atoms. The first-order valence-corrected chi connectivity index (χ1v) is 8.12. The maximum absolute atomic E-state index is 12.0. The van der Waals surface area contributed by atoms with Gasteiger partial charge in [0.05, 0.1) is 17.3 Å². The first-order valence-electron chi connectivity index (χ1n) is 7.75. The van der Waals surface area contributed by atoms with Gasteiger partial charge in [0.1, 0.15) is 0 Å². The number of halogens is 1. The summed E-state index contributed by atoms with van der Waals surface area (Å²) < 4.78 is 4.97. The summed E-state index contributed by atoms with van der Waals surface area (Å²) in [7, 11) is 0. The molecule has 0 radical (unpaired) electrons. The molecule has 0 saturated carbocycles. The van der Waals surface area contributed by atoms with Crippen LogP contribution in [0.2, 0.25) is 5.02 Å². The van der Waals surface area contributed by atoms with Crippen molar-refractivity contribution in [3.63, 3.8) is 0 Å². The maximum atomic E-state index is 12.0. The Hall–Kier alpha value is -1.95. The summed E-state index contributed by atoms with van der Waals surface area (Å²) in [6.07, 6.45) is 1.11. The number of carbonyl (C=O) groups is 2. The Labute approximate surface area is 141 Å². The zero-order chi connectivity index (χ0) is 16.8. The molecule has 1 saturated heterocycles. The predicted octanol–water partition coefficient (Wildman–Crippen LogP) is 3.39. The molecule has 126 valence electrons. The molecule has 1 aromatic carbocycles. The van der Waals surface area contributed by atoms with Crippen LogP contribution < -0.4 is 10.6 Å². The highest BCUT2D eigenvalue weighted by Gasteiger charge is 2.24. The van der Waals surface area contributed by atoms with Gasteiger partial charge in [-0.3, -0.25) is 0 Å². The minimum atomic E-state index is -0.290. The molecular formula is C16H22ClN3O3. The van der Waals surface area contributed by atoms with Crippen molar-refractivity contribution in [2.75, 3.05) is 25.0 Å². The molecular weight excluding hydrogens is 318 g/mol. The minimum Gasteiger partial charge on any atom is -0.450 e. The van der Waals surface area contributed by atoms with Crippen molar-refractivity contribution in [1.29, 1.82) is 0 Å². The summed E-state index contributed by atoms with van der Waals surface area (Å²) in [5, 5.41) is 6.18. The number of piperidine rings is 1. The number of hydrogen-bond acceptors (Lipinski definition) is 3. The Morgan fingerprint density at radius 2 is 2.04 bits per heavy atom. The molecule has 6 nitrogen and oxygen atoms in total. The van der Waals surface area contributed by atoms with Crippen molar-refractivity contribution >= 4 is 29.4 Å². The van der Waals surface area contributed by atoms with E-state index in [1.54, 1.807) is 24.0 Å². The van der Waals surface area contributed by atoms with E-state index in [1.807, 2.05) is 13.0 Å². The van der Waals surface area contributed by atoms with Gasteiger partial charge < -0.3 is 20.3 Å². The van der Waals surface area contributed by atoms with Crippen molar-refractivity contribution < 1.29 is 14.3 Å². The molecule has 7 heteroatoms. The maximum Gasteiger partial charge on any atom is 0.409 e. The molecule has 1 heterocycles. The number of carbonyl (C=O) groups excluding carboxylic acids is 2. The van der Waals surface area contributed by atoms with Crippen LogP contribution in [0.15, 0.2) is 18.2 Å². The normalized spacial score (nSPS) is 15.2. The third-order valence-corrected chi connectivity index (χ3v) is 4.04. The molecule has 2 N–H and O–H groups in total. The molecule has 0 spiro atoms. The lowest BCUT2D eigenvalue weighted by atomic mass is 10.1. The van der Waals surface area contributed by atoms with Gasteiger partial charge in [0.25, 0.3) is 0 Å². The molecule has 1 aliphatic rings. The SMILES string of the molecule is CCOC(=O)N1CCC(NC(=O)Nc2ccc(C)cc2Cl)CC1. The number of urea groups is 1. The Balaban J connectivity index is 1.79. The average molecular weight is 340 g/mol. The van der Waals surface area contributed by atoms with E-state index in [0.29, 0.717) is 43.2 Å². The number of likely N-dealkylation sites (tertiary alicyclic amines) is 1. The second kappa shape index (κ2) is 8.06. The smallest absolute Gasteiger partial charge is 0.409 e. The largest absolute Gasteiger partial charge is 0.450 e. The lowest BCUT2D eigenvalue weighted by Gasteiger charge is -2.31. The van der Waals surface area contributed by atoms with Crippen molar-refractivity contribution in [3.8, 4) is 0 Å². The fourth-order valence-electron chi connectivity index (χ4n) is 2.49. The molecule has 0 aliphatic carbocycles. The molecule has 0 atom stereocenters. The number of benzene rings is 1. The number of rotatable bonds is 3. The molecule has 0 bridgehead atoms. The molecule has 1 fully saturated rings. The van der Waals surface area contributed by atoms with Crippen LogP contribution in [0, 0.1) is 6.92 Å². The van der Waals surface area contributed by atoms with E-state index in [4.69, 9.17) is 16.3 Å². The Kier molecular flexibility index (Phi) is 6.10. The lowest BCUT2D eigenvalue weighted by molar-refractivity contribution is 0.0959. The zero-order valence-corrected chi connectivity index (χ0v) is 14.2. The van der Waals surface area contributed by atoms with E-state index in [1.165, 1.54) is 0 Å². The second-order valence-electron chi connectivity index (χ2n) is 5.54. The number of amides is 3. The summed E-state index contributed by atoms with van der Waals surface area (Å²) in [5.41, 5.74) is 1.62. The van der Waals surface area contributed by atoms with E-state index in [0.717, 1.165) is 5.56 Å². The summed E-state index contributed by atoms with van der Waals surface area (Å²) in [4.78, 5) is 25.3. The third-order valence-electron chi connectivity index (χ3n) is 3.73. The summed E-state index contributed by atoms with van der Waals surface area (Å²) in [6, 6.07) is 5.21. The highest BCUT2D eigenvalue weighted by molar-refractivity contribution is 6.33. The molecule has 1 aliphatic heterocycles. The third kappa shape index (κ3) is 5.03. The monoisotopic (exact) mass is 339 g/mol. The summed E-state index contributed by atoms with van der Waals surface area (Å²) >= 11 is 6.10. The van der Waals surface area contributed by atoms with Crippen LogP contribution in [-0.4, -0.2) is 42.8 Å². The fraction of sp³-hybridized carbons (Fsp3) is 0.500. The van der Waals surface area contributed by atoms with Crippen molar-refractivity contribution in [3.05, 3.63) is 28.8 Å². The average Bonchev–Trinajstić information content (AvgIpc) is 2.51. The molecule has 3 amide bonds. The number of hydrogen-bond donors (Lipinski definition) is 2. The van der Waals surface area contributed by atoms with E-state index < -0.39 is 0 Å². The van der Waals surface area contributed by atoms with Crippen molar-refractivity contribution in [1.82, 2.24) is 10.2 Å². The van der Waals surface area contributed by atoms with E-state index in [2.05, 4.69) is 10.6 Å². The van der Waals surface area contributed by atoms with Crippen LogP contribution in [0.25, 0.3) is 0 Å². The van der Waals surface area contributed by atoms with E-state index in [9.17, 15) is 9.59 Å². The van der Waals surface area contributed by atoms with Gasteiger partial charge in [-0.05, 0) is 44.4 Å². The first kappa shape index (κ1) is 17.4. The first-order chi connectivity index (χ1) is 11.0. The number of aryl methyl sites for hydroxylation is 1. The van der Waals surface area contributed by atoms with Crippen LogP contribution in [-0.2, 0) is 4.74 Å². The van der Waals surface area contributed by atoms with Crippen LogP contribution in [0.5, 0.6) is 0 Å². The quantitative estimate of drug-likeness (QED) is 0.886. The fourth-order valence-corrected chi connectivity index (χ4v) is 2.77. The Bertz CT molecular complexity index is 572. The lowest BCUT2D eigenvalue weighted by Crippen LogP contribution is -2.47. The predicted molar refractivity (Wildman–Crippen MR) is 90.0 cm³/mol. The second-order valence-corrected chi connectivity index (χ2v) is 5.95. The Morgan fingerprint density at radius 3 is 2.65 bits per heavy atom. The minimum absolute atomic E-state index is 0.0323. The van der Waals surface area contributed by atoms with Gasteiger partial charge in [-0.2, -0.15) is 0 Å². The summed E-state index contributed by atoms with van der Waals surface area (Å²) in [5.74, 6) is 0. The standard InChI is InChI=1S/C16H22ClN3O3/c1-3-23-16(22)20-8-6-12(7-9-20)18-15(21)19-14-5-4-11(2)10-13(14)17/h4-5,10,12H,3,6-9H2,1-2H3,(H2,18,19,21). The number of ether oxygens (including phenoxy) is 1. The molecule has 0 unspecified atom stereocenters. The van der Waals surface area contributed by atoms with Crippen LogP contribution in [0.4, 0.5) is 15.3 Å². The van der Waals surface area contributed by atoms with Gasteiger partial charge in [0, 0.05) is 19.1 Å². The van der Waals surface area contributed by atoms with Crippen LogP contribution in [0.3, 0.4) is 0 Å².